The van der Waals surface area contributed by atoms with Crippen LogP contribution in [0.2, 0.25) is 0 Å². The van der Waals surface area contributed by atoms with E-state index in [1.165, 1.54) is 0 Å². The summed E-state index contributed by atoms with van der Waals surface area (Å²) in [6, 6.07) is 9.05. The number of rotatable bonds is 4. The quantitative estimate of drug-likeness (QED) is 0.361. The Balaban J connectivity index is 2.07. The largest absolute Gasteiger partial charge is 0.426 e. The molecule has 0 spiro atoms. The first kappa shape index (κ1) is 13.5. The molecule has 1 aromatic carbocycles. The Morgan fingerprint density at radius 1 is 1.26 bits per heavy atom. The number of allylic oxidation sites excluding steroid dienone is 2. The van der Waals surface area contributed by atoms with Gasteiger partial charge in [-0.2, -0.15) is 0 Å². The first-order chi connectivity index (χ1) is 8.96. The van der Waals surface area contributed by atoms with Crippen LogP contribution in [0.15, 0.2) is 42.0 Å². The van der Waals surface area contributed by atoms with Crippen molar-refractivity contribution in [1.29, 1.82) is 0 Å². The van der Waals surface area contributed by atoms with E-state index in [-0.39, 0.29) is 23.2 Å². The highest BCUT2D eigenvalue weighted by molar-refractivity contribution is 5.81. The Bertz CT molecular complexity index is 514. The molecule has 2 rings (SSSR count). The third-order valence-corrected chi connectivity index (χ3v) is 3.75. The zero-order chi connectivity index (χ0) is 14.0. The summed E-state index contributed by atoms with van der Waals surface area (Å²) in [5, 5.41) is 0. The van der Waals surface area contributed by atoms with Crippen LogP contribution >= 0.6 is 0 Å². The standard InChI is InChI=1S/C16H18O3/c1-11(10-17)9-13-14(16(13,2)3)15(18)19-12-7-5-4-6-8-12/h4-10,13-14H,1-3H3. The molecule has 2 atom stereocenters. The minimum Gasteiger partial charge on any atom is -0.426 e. The molecule has 0 bridgehead atoms. The predicted molar refractivity (Wildman–Crippen MR) is 72.7 cm³/mol. The topological polar surface area (TPSA) is 43.4 Å². The summed E-state index contributed by atoms with van der Waals surface area (Å²) in [4.78, 5) is 22.8. The molecule has 0 amide bonds. The fourth-order valence-corrected chi connectivity index (χ4v) is 2.43. The number of carbonyl (C=O) groups is 2. The molecule has 1 aromatic rings. The first-order valence-electron chi connectivity index (χ1n) is 6.37. The summed E-state index contributed by atoms with van der Waals surface area (Å²) in [6.07, 6.45) is 2.68. The molecular formula is C16H18O3. The molecule has 1 aliphatic carbocycles. The molecule has 0 N–H and O–H groups in total. The number of para-hydroxylation sites is 1. The van der Waals surface area contributed by atoms with E-state index in [4.69, 9.17) is 4.74 Å². The Labute approximate surface area is 113 Å². The summed E-state index contributed by atoms with van der Waals surface area (Å²) in [6.45, 7) is 5.79. The minimum absolute atomic E-state index is 0.0777. The van der Waals surface area contributed by atoms with E-state index in [0.717, 1.165) is 6.29 Å². The third kappa shape index (κ3) is 2.75. The molecule has 100 valence electrons. The van der Waals surface area contributed by atoms with Crippen LogP contribution in [-0.2, 0) is 9.59 Å². The molecule has 1 saturated carbocycles. The number of carbonyl (C=O) groups excluding carboxylic acids is 2. The number of hydrogen-bond donors (Lipinski definition) is 0. The van der Waals surface area contributed by atoms with Crippen LogP contribution < -0.4 is 4.74 Å². The van der Waals surface area contributed by atoms with Crippen molar-refractivity contribution in [2.24, 2.45) is 17.3 Å². The van der Waals surface area contributed by atoms with Crippen molar-refractivity contribution >= 4 is 12.3 Å². The second-order valence-corrected chi connectivity index (χ2v) is 5.59. The van der Waals surface area contributed by atoms with E-state index in [2.05, 4.69) is 0 Å². The minimum atomic E-state index is -0.226. The van der Waals surface area contributed by atoms with Crippen LogP contribution in [0.3, 0.4) is 0 Å². The van der Waals surface area contributed by atoms with Crippen molar-refractivity contribution in [3.8, 4) is 5.75 Å². The summed E-state index contributed by atoms with van der Waals surface area (Å²) >= 11 is 0. The van der Waals surface area contributed by atoms with E-state index in [0.29, 0.717) is 11.3 Å². The van der Waals surface area contributed by atoms with Crippen molar-refractivity contribution in [3.05, 3.63) is 42.0 Å². The van der Waals surface area contributed by atoms with Gasteiger partial charge in [-0.3, -0.25) is 9.59 Å². The molecular weight excluding hydrogens is 240 g/mol. The van der Waals surface area contributed by atoms with E-state index < -0.39 is 0 Å². The Hall–Kier alpha value is -1.90. The van der Waals surface area contributed by atoms with Crippen LogP contribution in [0, 0.1) is 17.3 Å². The first-order valence-corrected chi connectivity index (χ1v) is 6.37. The lowest BCUT2D eigenvalue weighted by molar-refractivity contribution is -0.136. The van der Waals surface area contributed by atoms with Crippen LogP contribution in [0.5, 0.6) is 5.75 Å². The van der Waals surface area contributed by atoms with Crippen molar-refractivity contribution < 1.29 is 14.3 Å². The van der Waals surface area contributed by atoms with Gasteiger partial charge in [0.2, 0.25) is 0 Å². The van der Waals surface area contributed by atoms with Gasteiger partial charge in [-0.25, -0.2) is 0 Å². The SMILES string of the molecule is CC(C=O)=CC1C(C(=O)Oc2ccccc2)C1(C)C. The molecule has 3 nitrogen and oxygen atoms in total. The average Bonchev–Trinajstić information content (AvgIpc) is 2.91. The highest BCUT2D eigenvalue weighted by atomic mass is 16.5. The second kappa shape index (κ2) is 5.00. The molecule has 0 heterocycles. The monoisotopic (exact) mass is 258 g/mol. The van der Waals surface area contributed by atoms with Gasteiger partial charge in [-0.05, 0) is 36.0 Å². The summed E-state index contributed by atoms with van der Waals surface area (Å²) in [5.74, 6) is 0.234. The zero-order valence-electron chi connectivity index (χ0n) is 11.4. The number of esters is 1. The maximum absolute atomic E-state index is 12.1. The highest BCUT2D eigenvalue weighted by Crippen LogP contribution is 2.59. The maximum Gasteiger partial charge on any atom is 0.315 e. The lowest BCUT2D eigenvalue weighted by atomic mass is 10.1. The molecule has 0 aliphatic heterocycles. The van der Waals surface area contributed by atoms with Crippen molar-refractivity contribution in [2.45, 2.75) is 20.8 Å². The fourth-order valence-electron chi connectivity index (χ4n) is 2.43. The molecule has 1 fully saturated rings. The molecule has 0 saturated heterocycles. The Morgan fingerprint density at radius 2 is 1.89 bits per heavy atom. The van der Waals surface area contributed by atoms with Crippen LogP contribution in [-0.4, -0.2) is 12.3 Å². The zero-order valence-corrected chi connectivity index (χ0v) is 11.4. The molecule has 2 unspecified atom stereocenters. The van der Waals surface area contributed by atoms with Gasteiger partial charge in [0.05, 0.1) is 5.92 Å². The van der Waals surface area contributed by atoms with Gasteiger partial charge in [0.15, 0.2) is 0 Å². The van der Waals surface area contributed by atoms with Gasteiger partial charge < -0.3 is 4.74 Å². The van der Waals surface area contributed by atoms with E-state index in [9.17, 15) is 9.59 Å². The second-order valence-electron chi connectivity index (χ2n) is 5.59. The normalized spacial score (nSPS) is 24.7. The van der Waals surface area contributed by atoms with Crippen LogP contribution in [0.4, 0.5) is 0 Å². The van der Waals surface area contributed by atoms with Gasteiger partial charge in [-0.15, -0.1) is 0 Å². The van der Waals surface area contributed by atoms with Crippen LogP contribution in [0.1, 0.15) is 20.8 Å². The van der Waals surface area contributed by atoms with E-state index in [1.807, 2.05) is 38.1 Å². The number of benzene rings is 1. The maximum atomic E-state index is 12.1. The summed E-state index contributed by atoms with van der Waals surface area (Å²) in [5.41, 5.74) is 0.518. The molecule has 0 aromatic heterocycles. The predicted octanol–water partition coefficient (Wildman–Crippen LogP) is 3.01. The third-order valence-electron chi connectivity index (χ3n) is 3.75. The lowest BCUT2D eigenvalue weighted by Gasteiger charge is -2.04. The van der Waals surface area contributed by atoms with E-state index >= 15 is 0 Å². The van der Waals surface area contributed by atoms with Crippen molar-refractivity contribution in [2.75, 3.05) is 0 Å². The number of hydrogen-bond acceptors (Lipinski definition) is 3. The van der Waals surface area contributed by atoms with E-state index in [1.54, 1.807) is 19.1 Å². The smallest absolute Gasteiger partial charge is 0.315 e. The summed E-state index contributed by atoms with van der Waals surface area (Å²) < 4.78 is 5.36. The molecule has 1 aliphatic rings. The number of aldehydes is 1. The van der Waals surface area contributed by atoms with Crippen molar-refractivity contribution in [3.63, 3.8) is 0 Å². The van der Waals surface area contributed by atoms with Gasteiger partial charge in [0.25, 0.3) is 0 Å². The van der Waals surface area contributed by atoms with Gasteiger partial charge >= 0.3 is 5.97 Å². The Morgan fingerprint density at radius 3 is 2.47 bits per heavy atom. The van der Waals surface area contributed by atoms with Gasteiger partial charge in [0, 0.05) is 0 Å². The Kier molecular flexibility index (Phi) is 3.56. The molecule has 3 heteroatoms. The lowest BCUT2D eigenvalue weighted by Crippen LogP contribution is -2.13. The van der Waals surface area contributed by atoms with Gasteiger partial charge in [-0.1, -0.05) is 38.1 Å². The average molecular weight is 258 g/mol. The molecule has 0 radical (unpaired) electrons. The number of ether oxygens (including phenoxy) is 1. The molecule has 19 heavy (non-hydrogen) atoms. The van der Waals surface area contributed by atoms with Crippen molar-refractivity contribution in [1.82, 2.24) is 0 Å². The highest BCUT2D eigenvalue weighted by Gasteiger charge is 2.61. The van der Waals surface area contributed by atoms with Crippen LogP contribution in [0.25, 0.3) is 0 Å². The van der Waals surface area contributed by atoms with Gasteiger partial charge in [0.1, 0.15) is 12.0 Å². The fraction of sp³-hybridized carbons (Fsp3) is 0.375. The summed E-state index contributed by atoms with van der Waals surface area (Å²) in [7, 11) is 0.